The Morgan fingerprint density at radius 1 is 1.16 bits per heavy atom. The van der Waals surface area contributed by atoms with Crippen molar-refractivity contribution in [3.8, 4) is 28.8 Å². The monoisotopic (exact) mass is 644 g/mol. The first-order valence-corrected chi connectivity index (χ1v) is 12.2. The standard InChI is InChI=1S/C24H18ClF9N6O3/c1-38-18(16(43-20(26)27)17(37-38)22(28,23(29,30)31)24(32,33)34)40-9-13(8-36-40)12-3-4-15(25)14(7-12)19(41)39(11-42-2)21(10-35)5-6-21/h3-4,7-9,20H,5-6,11H2,1-2H3. The maximum atomic E-state index is 14.9. The number of methoxy groups -OCH3 is 1. The van der Waals surface area contributed by atoms with Crippen LogP contribution in [0.15, 0.2) is 30.6 Å². The Morgan fingerprint density at radius 2 is 1.79 bits per heavy atom. The molecule has 0 radical (unpaired) electrons. The molecule has 1 saturated carbocycles. The predicted octanol–water partition coefficient (Wildman–Crippen LogP) is 5.92. The molecule has 2 aromatic heterocycles. The van der Waals surface area contributed by atoms with Crippen LogP contribution in [0, 0.1) is 11.3 Å². The van der Waals surface area contributed by atoms with E-state index in [-0.39, 0.29) is 33.1 Å². The van der Waals surface area contributed by atoms with Crippen LogP contribution >= 0.6 is 11.6 Å². The van der Waals surface area contributed by atoms with Gasteiger partial charge >= 0.3 is 24.6 Å². The summed E-state index contributed by atoms with van der Waals surface area (Å²) in [4.78, 5) is 14.5. The number of aryl methyl sites for hydroxylation is 1. The topological polar surface area (TPSA) is 98.2 Å². The van der Waals surface area contributed by atoms with Crippen LogP contribution < -0.4 is 4.74 Å². The van der Waals surface area contributed by atoms with Crippen molar-refractivity contribution < 1.29 is 53.8 Å². The van der Waals surface area contributed by atoms with Gasteiger partial charge in [-0.1, -0.05) is 17.7 Å². The molecule has 0 atom stereocenters. The van der Waals surface area contributed by atoms with Crippen LogP contribution in [0.2, 0.25) is 5.02 Å². The first-order valence-electron chi connectivity index (χ1n) is 11.8. The van der Waals surface area contributed by atoms with Gasteiger partial charge in [-0.25, -0.2) is 13.8 Å². The maximum Gasteiger partial charge on any atom is 0.437 e. The Hall–Kier alpha value is -3.98. The number of halogens is 10. The smallest absolute Gasteiger partial charge is 0.429 e. The number of ether oxygens (including phenoxy) is 2. The number of carbonyl (C=O) groups is 1. The number of nitrogens with zero attached hydrogens (tertiary/aromatic N) is 6. The Morgan fingerprint density at radius 3 is 2.30 bits per heavy atom. The lowest BCUT2D eigenvalue weighted by atomic mass is 9.99. The number of rotatable bonds is 9. The van der Waals surface area contributed by atoms with Crippen LogP contribution in [0.4, 0.5) is 39.5 Å². The molecule has 43 heavy (non-hydrogen) atoms. The average molecular weight is 645 g/mol. The molecule has 1 aromatic carbocycles. The second kappa shape index (κ2) is 10.9. The van der Waals surface area contributed by atoms with Gasteiger partial charge in [0, 0.05) is 25.9 Å². The van der Waals surface area contributed by atoms with Gasteiger partial charge in [-0.15, -0.1) is 0 Å². The molecule has 0 unspecified atom stereocenters. The molecule has 0 bridgehead atoms. The molecule has 0 spiro atoms. The van der Waals surface area contributed by atoms with Crippen molar-refractivity contribution in [1.82, 2.24) is 24.5 Å². The van der Waals surface area contributed by atoms with Crippen molar-refractivity contribution in [3.05, 3.63) is 46.9 Å². The Bertz CT molecular complexity index is 1560. The Labute approximate surface area is 240 Å². The van der Waals surface area contributed by atoms with Gasteiger partial charge in [0.2, 0.25) is 0 Å². The normalized spacial score (nSPS) is 15.0. The highest BCUT2D eigenvalue weighted by Gasteiger charge is 2.76. The SMILES string of the molecule is COCN(C(=O)c1cc(-c2cnn(-c3c(OC(F)F)c(C(F)(C(F)(F)F)C(F)(F)F)nn3C)c2)ccc1Cl)C1(C#N)CC1. The second-order valence-corrected chi connectivity index (χ2v) is 9.73. The predicted molar refractivity (Wildman–Crippen MR) is 128 cm³/mol. The van der Waals surface area contributed by atoms with Gasteiger partial charge in [-0.3, -0.25) is 9.69 Å². The molecule has 4 rings (SSSR count). The first kappa shape index (κ1) is 31.9. The van der Waals surface area contributed by atoms with E-state index in [1.807, 2.05) is 0 Å². The number of benzene rings is 1. The molecule has 1 amide bonds. The summed E-state index contributed by atoms with van der Waals surface area (Å²) in [5, 5.41) is 16.2. The number of nitriles is 1. The summed E-state index contributed by atoms with van der Waals surface area (Å²) in [5.41, 5.74) is -9.64. The highest BCUT2D eigenvalue weighted by Crippen LogP contribution is 2.56. The van der Waals surface area contributed by atoms with Crippen molar-refractivity contribution >= 4 is 17.5 Å². The average Bonchev–Trinajstić information content (AvgIpc) is 3.44. The number of carbonyl (C=O) groups excluding carboxylic acids is 1. The van der Waals surface area contributed by atoms with E-state index in [0.717, 1.165) is 19.4 Å². The molecule has 0 aliphatic heterocycles. The van der Waals surface area contributed by atoms with Crippen molar-refractivity contribution in [2.75, 3.05) is 13.8 Å². The number of aromatic nitrogens is 4. The molecule has 2 heterocycles. The van der Waals surface area contributed by atoms with E-state index in [9.17, 15) is 49.6 Å². The van der Waals surface area contributed by atoms with E-state index in [4.69, 9.17) is 16.3 Å². The van der Waals surface area contributed by atoms with Crippen molar-refractivity contribution in [2.45, 2.75) is 43.0 Å². The van der Waals surface area contributed by atoms with E-state index in [1.165, 1.54) is 30.2 Å². The Balaban J connectivity index is 1.81. The third kappa shape index (κ3) is 5.46. The van der Waals surface area contributed by atoms with E-state index >= 15 is 0 Å². The van der Waals surface area contributed by atoms with Gasteiger partial charge in [-0.2, -0.15) is 50.6 Å². The fourth-order valence-corrected chi connectivity index (χ4v) is 4.47. The quantitative estimate of drug-likeness (QED) is 0.212. The third-order valence-electron chi connectivity index (χ3n) is 6.57. The minimum absolute atomic E-state index is 0.0292. The largest absolute Gasteiger partial charge is 0.437 e. The van der Waals surface area contributed by atoms with Crippen LogP contribution in [-0.4, -0.2) is 68.7 Å². The van der Waals surface area contributed by atoms with Gasteiger partial charge in [0.05, 0.1) is 22.9 Å². The lowest BCUT2D eigenvalue weighted by molar-refractivity contribution is -0.350. The van der Waals surface area contributed by atoms with Crippen molar-refractivity contribution in [3.63, 3.8) is 0 Å². The summed E-state index contributed by atoms with van der Waals surface area (Å²) < 4.78 is 132. The summed E-state index contributed by atoms with van der Waals surface area (Å²) in [7, 11) is 2.07. The fourth-order valence-electron chi connectivity index (χ4n) is 4.27. The van der Waals surface area contributed by atoms with E-state index in [2.05, 4.69) is 21.0 Å². The molecule has 9 nitrogen and oxygen atoms in total. The zero-order valence-corrected chi connectivity index (χ0v) is 22.5. The minimum Gasteiger partial charge on any atom is -0.429 e. The van der Waals surface area contributed by atoms with Gasteiger partial charge in [0.1, 0.15) is 12.3 Å². The molecule has 19 heteroatoms. The zero-order chi connectivity index (χ0) is 32.1. The van der Waals surface area contributed by atoms with Gasteiger partial charge in [0.15, 0.2) is 17.3 Å². The molecule has 1 aliphatic carbocycles. The third-order valence-corrected chi connectivity index (χ3v) is 6.90. The lowest BCUT2D eigenvalue weighted by Crippen LogP contribution is -2.51. The molecule has 1 fully saturated rings. The van der Waals surface area contributed by atoms with Crippen LogP contribution in [-0.2, 0) is 17.5 Å². The summed E-state index contributed by atoms with van der Waals surface area (Å²) in [5.74, 6) is -3.54. The second-order valence-electron chi connectivity index (χ2n) is 9.32. The van der Waals surface area contributed by atoms with Crippen LogP contribution in [0.5, 0.6) is 5.75 Å². The number of alkyl halides is 9. The van der Waals surface area contributed by atoms with Crippen molar-refractivity contribution in [1.29, 1.82) is 5.26 Å². The fraction of sp³-hybridized carbons (Fsp3) is 0.417. The van der Waals surface area contributed by atoms with Crippen LogP contribution in [0.3, 0.4) is 0 Å². The van der Waals surface area contributed by atoms with Crippen LogP contribution in [0.1, 0.15) is 28.9 Å². The first-order chi connectivity index (χ1) is 19.9. The van der Waals surface area contributed by atoms with Crippen LogP contribution in [0.25, 0.3) is 16.9 Å². The Kier molecular flexibility index (Phi) is 8.13. The van der Waals surface area contributed by atoms with E-state index < -0.39 is 53.3 Å². The molecule has 0 saturated heterocycles. The summed E-state index contributed by atoms with van der Waals surface area (Å²) in [6, 6.07) is 6.01. The molecule has 232 valence electrons. The summed E-state index contributed by atoms with van der Waals surface area (Å²) in [6.07, 6.45) is -10.6. The highest BCUT2D eigenvalue weighted by atomic mass is 35.5. The number of hydrogen-bond donors (Lipinski definition) is 0. The van der Waals surface area contributed by atoms with Crippen molar-refractivity contribution in [2.24, 2.45) is 7.05 Å². The molecule has 1 aliphatic rings. The van der Waals surface area contributed by atoms with Gasteiger partial charge in [-0.05, 0) is 30.5 Å². The molecule has 0 N–H and O–H groups in total. The molecular weight excluding hydrogens is 627 g/mol. The van der Waals surface area contributed by atoms with Gasteiger partial charge in [0.25, 0.3) is 5.91 Å². The summed E-state index contributed by atoms with van der Waals surface area (Å²) in [6.45, 7) is -4.22. The molecular formula is C24H18ClF9N6O3. The lowest BCUT2D eigenvalue weighted by Gasteiger charge is -2.28. The zero-order valence-electron chi connectivity index (χ0n) is 21.8. The minimum atomic E-state index is -6.67. The highest BCUT2D eigenvalue weighted by molar-refractivity contribution is 6.34. The van der Waals surface area contributed by atoms with Gasteiger partial charge < -0.3 is 9.47 Å². The maximum absolute atomic E-state index is 14.9. The molecule has 3 aromatic rings. The van der Waals surface area contributed by atoms with E-state index in [0.29, 0.717) is 17.5 Å². The summed E-state index contributed by atoms with van der Waals surface area (Å²) >= 11 is 6.24. The number of hydrogen-bond acceptors (Lipinski definition) is 6. The number of amides is 1. The van der Waals surface area contributed by atoms with E-state index in [1.54, 1.807) is 0 Å².